The fourth-order valence-electron chi connectivity index (χ4n) is 3.32. The molecule has 1 fully saturated rings. The number of carbonyl (C=O) groups excluding carboxylic acids is 1. The Kier molecular flexibility index (Phi) is 5.22. The quantitative estimate of drug-likeness (QED) is 0.667. The standard InChI is InChI=1S/C19H23N7O2/c1-28-16-4-2-14(3-5-16)8-10-20-19(27)22-15-9-11-25(12-15)18-7-6-17-23-21-13-26(17)24-18/h2-7,13,15H,8-12H2,1H3,(H2,20,22,27)/t15-/m0/s1. The van der Waals surface area contributed by atoms with Gasteiger partial charge in [0.05, 0.1) is 7.11 Å². The van der Waals surface area contributed by atoms with Crippen LogP contribution >= 0.6 is 0 Å². The van der Waals surface area contributed by atoms with E-state index in [0.29, 0.717) is 12.2 Å². The second kappa shape index (κ2) is 8.12. The monoisotopic (exact) mass is 381 g/mol. The van der Waals surface area contributed by atoms with Crippen LogP contribution < -0.4 is 20.3 Å². The van der Waals surface area contributed by atoms with Gasteiger partial charge in [-0.05, 0) is 42.7 Å². The van der Waals surface area contributed by atoms with Crippen LogP contribution in [0.15, 0.2) is 42.7 Å². The summed E-state index contributed by atoms with van der Waals surface area (Å²) in [6.45, 7) is 2.16. The number of benzene rings is 1. The molecule has 0 radical (unpaired) electrons. The van der Waals surface area contributed by atoms with Gasteiger partial charge in [0.25, 0.3) is 0 Å². The Bertz CT molecular complexity index is 941. The van der Waals surface area contributed by atoms with E-state index in [-0.39, 0.29) is 12.1 Å². The summed E-state index contributed by atoms with van der Waals surface area (Å²) in [5, 5.41) is 18.3. The Balaban J connectivity index is 1.22. The molecule has 3 heterocycles. The van der Waals surface area contributed by atoms with Gasteiger partial charge in [-0.2, -0.15) is 4.52 Å². The lowest BCUT2D eigenvalue weighted by Crippen LogP contribution is -2.44. The number of hydrogen-bond donors (Lipinski definition) is 2. The lowest BCUT2D eigenvalue weighted by Gasteiger charge is -2.18. The molecule has 0 aliphatic carbocycles. The number of methoxy groups -OCH3 is 1. The Hall–Kier alpha value is -3.36. The van der Waals surface area contributed by atoms with Crippen molar-refractivity contribution in [2.75, 3.05) is 31.6 Å². The number of amides is 2. The van der Waals surface area contributed by atoms with E-state index in [2.05, 4.69) is 30.8 Å². The topological polar surface area (TPSA) is 96.7 Å². The smallest absolute Gasteiger partial charge is 0.315 e. The molecular formula is C19H23N7O2. The van der Waals surface area contributed by atoms with Crippen LogP contribution in [0.3, 0.4) is 0 Å². The number of nitrogens with zero attached hydrogens (tertiary/aromatic N) is 5. The lowest BCUT2D eigenvalue weighted by molar-refractivity contribution is 0.238. The first-order valence-corrected chi connectivity index (χ1v) is 9.30. The van der Waals surface area contributed by atoms with Gasteiger partial charge >= 0.3 is 6.03 Å². The zero-order chi connectivity index (χ0) is 19.3. The summed E-state index contributed by atoms with van der Waals surface area (Å²) in [5.74, 6) is 1.69. The van der Waals surface area contributed by atoms with E-state index < -0.39 is 0 Å². The van der Waals surface area contributed by atoms with E-state index >= 15 is 0 Å². The van der Waals surface area contributed by atoms with Crippen molar-refractivity contribution in [2.24, 2.45) is 0 Å². The highest BCUT2D eigenvalue weighted by Gasteiger charge is 2.25. The van der Waals surface area contributed by atoms with Gasteiger partial charge in [0.1, 0.15) is 17.9 Å². The molecule has 28 heavy (non-hydrogen) atoms. The molecular weight excluding hydrogens is 358 g/mol. The third-order valence-electron chi connectivity index (χ3n) is 4.85. The Morgan fingerprint density at radius 2 is 2.11 bits per heavy atom. The zero-order valence-corrected chi connectivity index (χ0v) is 15.7. The van der Waals surface area contributed by atoms with Crippen molar-refractivity contribution >= 4 is 17.5 Å². The SMILES string of the molecule is COc1ccc(CCNC(=O)N[C@H]2CCN(c3ccc4nncn4n3)C2)cc1. The molecule has 2 amide bonds. The third kappa shape index (κ3) is 4.13. The van der Waals surface area contributed by atoms with Gasteiger partial charge in [0.2, 0.25) is 0 Å². The minimum Gasteiger partial charge on any atom is -0.497 e. The van der Waals surface area contributed by atoms with E-state index in [4.69, 9.17) is 4.74 Å². The Morgan fingerprint density at radius 1 is 1.25 bits per heavy atom. The number of nitrogens with one attached hydrogen (secondary N) is 2. The van der Waals surface area contributed by atoms with Crippen LogP contribution in [0.2, 0.25) is 0 Å². The molecule has 9 heteroatoms. The van der Waals surface area contributed by atoms with Crippen molar-refractivity contribution in [3.05, 3.63) is 48.3 Å². The summed E-state index contributed by atoms with van der Waals surface area (Å²) in [4.78, 5) is 14.3. The predicted octanol–water partition coefficient (Wildman–Crippen LogP) is 1.25. The predicted molar refractivity (Wildman–Crippen MR) is 105 cm³/mol. The van der Waals surface area contributed by atoms with Gasteiger partial charge in [-0.3, -0.25) is 0 Å². The highest BCUT2D eigenvalue weighted by atomic mass is 16.5. The number of carbonyl (C=O) groups is 1. The lowest BCUT2D eigenvalue weighted by atomic mass is 10.1. The molecule has 1 atom stereocenters. The highest BCUT2D eigenvalue weighted by Crippen LogP contribution is 2.18. The van der Waals surface area contributed by atoms with Crippen LogP contribution in [0.25, 0.3) is 5.65 Å². The molecule has 9 nitrogen and oxygen atoms in total. The number of aromatic nitrogens is 4. The van der Waals surface area contributed by atoms with Gasteiger partial charge in [0.15, 0.2) is 5.65 Å². The molecule has 0 saturated carbocycles. The summed E-state index contributed by atoms with van der Waals surface area (Å²) in [5.41, 5.74) is 1.87. The minimum absolute atomic E-state index is 0.0967. The van der Waals surface area contributed by atoms with Gasteiger partial charge in [-0.15, -0.1) is 15.3 Å². The molecule has 0 spiro atoms. The maximum absolute atomic E-state index is 12.2. The van der Waals surface area contributed by atoms with Gasteiger partial charge in [0, 0.05) is 25.7 Å². The summed E-state index contributed by atoms with van der Waals surface area (Å²) in [6, 6.07) is 11.6. The fraction of sp³-hybridized carbons (Fsp3) is 0.368. The van der Waals surface area contributed by atoms with Gasteiger partial charge in [-0.25, -0.2) is 4.79 Å². The largest absolute Gasteiger partial charge is 0.497 e. The van der Waals surface area contributed by atoms with Crippen LogP contribution in [-0.4, -0.2) is 58.6 Å². The average molecular weight is 381 g/mol. The normalized spacial score (nSPS) is 16.3. The van der Waals surface area contributed by atoms with E-state index in [1.807, 2.05) is 36.4 Å². The fourth-order valence-corrected chi connectivity index (χ4v) is 3.32. The maximum atomic E-state index is 12.2. The van der Waals surface area contributed by atoms with Crippen LogP contribution in [-0.2, 0) is 6.42 Å². The number of anilines is 1. The van der Waals surface area contributed by atoms with Crippen molar-refractivity contribution in [1.29, 1.82) is 0 Å². The van der Waals surface area contributed by atoms with Crippen LogP contribution in [0.5, 0.6) is 5.75 Å². The zero-order valence-electron chi connectivity index (χ0n) is 15.7. The number of hydrogen-bond acceptors (Lipinski definition) is 6. The molecule has 1 aliphatic heterocycles. The maximum Gasteiger partial charge on any atom is 0.315 e. The number of ether oxygens (including phenoxy) is 1. The number of fused-ring (bicyclic) bond motifs is 1. The molecule has 1 saturated heterocycles. The molecule has 0 bridgehead atoms. The highest BCUT2D eigenvalue weighted by molar-refractivity contribution is 5.74. The number of rotatable bonds is 6. The molecule has 2 aromatic heterocycles. The van der Waals surface area contributed by atoms with E-state index in [0.717, 1.165) is 43.1 Å². The molecule has 2 N–H and O–H groups in total. The van der Waals surface area contributed by atoms with Crippen molar-refractivity contribution in [3.63, 3.8) is 0 Å². The molecule has 1 aliphatic rings. The summed E-state index contributed by atoms with van der Waals surface area (Å²) < 4.78 is 6.80. The Morgan fingerprint density at radius 3 is 2.93 bits per heavy atom. The molecule has 4 rings (SSSR count). The summed E-state index contributed by atoms with van der Waals surface area (Å²) >= 11 is 0. The number of urea groups is 1. The molecule has 0 unspecified atom stereocenters. The van der Waals surface area contributed by atoms with Crippen LogP contribution in [0.1, 0.15) is 12.0 Å². The first-order valence-electron chi connectivity index (χ1n) is 9.30. The minimum atomic E-state index is -0.136. The average Bonchev–Trinajstić information content (AvgIpc) is 3.37. The van der Waals surface area contributed by atoms with Gasteiger partial charge < -0.3 is 20.3 Å². The van der Waals surface area contributed by atoms with Crippen molar-refractivity contribution in [2.45, 2.75) is 18.9 Å². The first kappa shape index (κ1) is 18.0. The second-order valence-electron chi connectivity index (χ2n) is 6.76. The Labute approximate surface area is 162 Å². The van der Waals surface area contributed by atoms with Crippen molar-refractivity contribution < 1.29 is 9.53 Å². The van der Waals surface area contributed by atoms with E-state index in [1.54, 1.807) is 18.0 Å². The van der Waals surface area contributed by atoms with E-state index in [9.17, 15) is 4.79 Å². The third-order valence-corrected chi connectivity index (χ3v) is 4.85. The molecule has 3 aromatic rings. The van der Waals surface area contributed by atoms with Crippen LogP contribution in [0.4, 0.5) is 10.6 Å². The van der Waals surface area contributed by atoms with Crippen LogP contribution in [0, 0.1) is 0 Å². The van der Waals surface area contributed by atoms with Gasteiger partial charge in [-0.1, -0.05) is 12.1 Å². The first-order chi connectivity index (χ1) is 13.7. The summed E-state index contributed by atoms with van der Waals surface area (Å²) in [7, 11) is 1.65. The molecule has 1 aromatic carbocycles. The summed E-state index contributed by atoms with van der Waals surface area (Å²) in [6.07, 6.45) is 3.24. The van der Waals surface area contributed by atoms with Crippen molar-refractivity contribution in [3.8, 4) is 5.75 Å². The molecule has 146 valence electrons. The van der Waals surface area contributed by atoms with E-state index in [1.165, 1.54) is 0 Å². The second-order valence-corrected chi connectivity index (χ2v) is 6.76. The van der Waals surface area contributed by atoms with Crippen molar-refractivity contribution in [1.82, 2.24) is 30.4 Å².